The van der Waals surface area contributed by atoms with Crippen molar-refractivity contribution < 1.29 is 14.6 Å². The summed E-state index contributed by atoms with van der Waals surface area (Å²) in [6.45, 7) is 1.92. The molecule has 2 aromatic heterocycles. The number of hydrogen-bond donors (Lipinski definition) is 1. The first-order valence-electron chi connectivity index (χ1n) is 13.4. The van der Waals surface area contributed by atoms with Crippen molar-refractivity contribution in [2.75, 3.05) is 13.2 Å². The molecule has 0 spiro atoms. The van der Waals surface area contributed by atoms with Crippen molar-refractivity contribution in [3.05, 3.63) is 71.9 Å². The van der Waals surface area contributed by atoms with E-state index in [1.54, 1.807) is 18.3 Å². The van der Waals surface area contributed by atoms with E-state index >= 15 is 0 Å². The van der Waals surface area contributed by atoms with E-state index in [4.69, 9.17) is 9.72 Å². The molecule has 6 rings (SSSR count). The molecule has 1 saturated heterocycles. The fourth-order valence-electron chi connectivity index (χ4n) is 5.39. The molecule has 38 heavy (non-hydrogen) atoms. The Bertz CT molecular complexity index is 1480. The van der Waals surface area contributed by atoms with E-state index in [2.05, 4.69) is 20.6 Å². The Hall–Kier alpha value is -4.04. The minimum absolute atomic E-state index is 0.0154. The van der Waals surface area contributed by atoms with Gasteiger partial charge in [-0.1, -0.05) is 18.2 Å². The number of benzene rings is 2. The number of aliphatic imine (C=N–C) groups is 1. The van der Waals surface area contributed by atoms with E-state index in [1.165, 1.54) is 0 Å². The predicted molar refractivity (Wildman–Crippen MR) is 147 cm³/mol. The van der Waals surface area contributed by atoms with Crippen LogP contribution in [0.1, 0.15) is 48.0 Å². The number of aryl methyl sites for hydroxylation is 1. The number of nitrogens with zero attached hydrogens (tertiary/aromatic N) is 5. The second kappa shape index (κ2) is 10.8. The van der Waals surface area contributed by atoms with Crippen molar-refractivity contribution in [2.24, 2.45) is 4.99 Å². The van der Waals surface area contributed by atoms with Crippen LogP contribution in [0.5, 0.6) is 5.75 Å². The standard InChI is InChI=1S/C30H31N5O3/c36-20-21-17-23-26(32-19-22-9-8-15-34(22)30(23)37)18-28(21)38-16-7-1-6-14-35-27-12-3-2-10-24(27)33-29(35)25-11-4-5-13-31-25/h2-5,10-13,17-19,22,36H,1,6-9,14-16,20H2/t22-/m0/s1. The van der Waals surface area contributed by atoms with Crippen LogP contribution in [0.3, 0.4) is 0 Å². The molecule has 0 aliphatic carbocycles. The molecule has 0 saturated carbocycles. The second-order valence-electron chi connectivity index (χ2n) is 9.82. The lowest BCUT2D eigenvalue weighted by atomic mass is 10.1. The van der Waals surface area contributed by atoms with Crippen LogP contribution < -0.4 is 4.74 Å². The molecule has 194 valence electrons. The molecule has 1 fully saturated rings. The molecule has 1 atom stereocenters. The molecular formula is C30H31N5O3. The molecule has 1 amide bonds. The third-order valence-corrected chi connectivity index (χ3v) is 7.36. The van der Waals surface area contributed by atoms with Gasteiger partial charge in [0.15, 0.2) is 5.82 Å². The van der Waals surface area contributed by atoms with Crippen molar-refractivity contribution >= 4 is 28.8 Å². The lowest BCUT2D eigenvalue weighted by Gasteiger charge is -2.20. The third-order valence-electron chi connectivity index (χ3n) is 7.36. The summed E-state index contributed by atoms with van der Waals surface area (Å²) in [4.78, 5) is 28.9. The highest BCUT2D eigenvalue weighted by atomic mass is 16.5. The van der Waals surface area contributed by atoms with Crippen molar-refractivity contribution in [3.63, 3.8) is 0 Å². The normalized spacial score (nSPS) is 16.5. The number of para-hydroxylation sites is 2. The van der Waals surface area contributed by atoms with Gasteiger partial charge in [0.05, 0.1) is 41.5 Å². The number of imidazole rings is 1. The Morgan fingerprint density at radius 2 is 1.95 bits per heavy atom. The van der Waals surface area contributed by atoms with Crippen LogP contribution in [0.25, 0.3) is 22.6 Å². The van der Waals surface area contributed by atoms with Gasteiger partial charge in [0.25, 0.3) is 5.91 Å². The van der Waals surface area contributed by atoms with E-state index in [0.717, 1.165) is 67.7 Å². The number of carbonyl (C=O) groups is 1. The lowest BCUT2D eigenvalue weighted by Crippen LogP contribution is -2.35. The number of aliphatic hydroxyl groups is 1. The van der Waals surface area contributed by atoms with Gasteiger partial charge in [-0.25, -0.2) is 4.98 Å². The summed E-state index contributed by atoms with van der Waals surface area (Å²) in [6.07, 6.45) is 8.41. The number of carbonyl (C=O) groups excluding carboxylic acids is 1. The van der Waals surface area contributed by atoms with Gasteiger partial charge in [0, 0.05) is 37.1 Å². The third kappa shape index (κ3) is 4.67. The molecular weight excluding hydrogens is 478 g/mol. The zero-order valence-electron chi connectivity index (χ0n) is 21.3. The molecule has 0 bridgehead atoms. The lowest BCUT2D eigenvalue weighted by molar-refractivity contribution is 0.0774. The molecule has 2 aliphatic heterocycles. The van der Waals surface area contributed by atoms with Crippen LogP contribution in [0.15, 0.2) is 65.8 Å². The maximum absolute atomic E-state index is 13.0. The Labute approximate surface area is 221 Å². The van der Waals surface area contributed by atoms with Gasteiger partial charge in [-0.05, 0) is 62.4 Å². The van der Waals surface area contributed by atoms with Crippen LogP contribution in [0.4, 0.5) is 5.69 Å². The van der Waals surface area contributed by atoms with Crippen LogP contribution >= 0.6 is 0 Å². The fourth-order valence-corrected chi connectivity index (χ4v) is 5.39. The number of unbranched alkanes of at least 4 members (excludes halogenated alkanes) is 2. The quantitative estimate of drug-likeness (QED) is 0.315. The van der Waals surface area contributed by atoms with Crippen molar-refractivity contribution in [1.82, 2.24) is 19.4 Å². The summed E-state index contributed by atoms with van der Waals surface area (Å²) >= 11 is 0. The zero-order chi connectivity index (χ0) is 25.9. The zero-order valence-corrected chi connectivity index (χ0v) is 21.3. The van der Waals surface area contributed by atoms with Crippen molar-refractivity contribution in [1.29, 1.82) is 0 Å². The average molecular weight is 510 g/mol. The Kier molecular flexibility index (Phi) is 6.88. The van der Waals surface area contributed by atoms with Gasteiger partial charge in [-0.3, -0.25) is 14.8 Å². The Balaban J connectivity index is 1.09. The van der Waals surface area contributed by atoms with Crippen LogP contribution in [-0.2, 0) is 13.2 Å². The van der Waals surface area contributed by atoms with Gasteiger partial charge < -0.3 is 19.3 Å². The highest BCUT2D eigenvalue weighted by Gasteiger charge is 2.32. The summed E-state index contributed by atoms with van der Waals surface area (Å²) in [5, 5.41) is 9.96. The molecule has 0 radical (unpaired) electrons. The molecule has 8 heteroatoms. The van der Waals surface area contributed by atoms with Crippen molar-refractivity contribution in [3.8, 4) is 17.3 Å². The SMILES string of the molecule is O=C1c2cc(CO)c(OCCCCCn3c(-c4ccccn4)nc4ccccc43)cc2N=C[C@@H]2CCCN12. The summed E-state index contributed by atoms with van der Waals surface area (Å²) in [5.41, 5.74) is 4.72. The molecule has 2 aliphatic rings. The largest absolute Gasteiger partial charge is 0.493 e. The maximum Gasteiger partial charge on any atom is 0.256 e. The summed E-state index contributed by atoms with van der Waals surface area (Å²) in [6, 6.07) is 17.7. The van der Waals surface area contributed by atoms with E-state index in [-0.39, 0.29) is 18.6 Å². The van der Waals surface area contributed by atoms with Crippen LogP contribution in [0, 0.1) is 0 Å². The highest BCUT2D eigenvalue weighted by Crippen LogP contribution is 2.34. The minimum atomic E-state index is -0.187. The average Bonchev–Trinajstić information content (AvgIpc) is 3.55. The number of aliphatic hydroxyl groups excluding tert-OH is 1. The van der Waals surface area contributed by atoms with Crippen molar-refractivity contribution in [2.45, 2.75) is 51.3 Å². The van der Waals surface area contributed by atoms with E-state index in [1.807, 2.05) is 47.5 Å². The highest BCUT2D eigenvalue weighted by molar-refractivity contribution is 6.03. The molecule has 4 heterocycles. The number of aromatic nitrogens is 3. The number of rotatable bonds is 9. The van der Waals surface area contributed by atoms with E-state index < -0.39 is 0 Å². The van der Waals surface area contributed by atoms with E-state index in [9.17, 15) is 9.90 Å². The van der Waals surface area contributed by atoms with Crippen LogP contribution in [-0.4, -0.2) is 55.9 Å². The summed E-state index contributed by atoms with van der Waals surface area (Å²) < 4.78 is 8.32. The number of fused-ring (bicyclic) bond motifs is 3. The first-order valence-corrected chi connectivity index (χ1v) is 13.4. The molecule has 8 nitrogen and oxygen atoms in total. The molecule has 0 unspecified atom stereocenters. The van der Waals surface area contributed by atoms with Gasteiger partial charge in [0.1, 0.15) is 11.4 Å². The smallest absolute Gasteiger partial charge is 0.256 e. The van der Waals surface area contributed by atoms with Gasteiger partial charge in [0.2, 0.25) is 0 Å². The Morgan fingerprint density at radius 3 is 2.82 bits per heavy atom. The number of amides is 1. The first kappa shape index (κ1) is 24.3. The molecule has 1 N–H and O–H groups in total. The number of pyridine rings is 1. The predicted octanol–water partition coefficient (Wildman–Crippen LogP) is 5.16. The maximum atomic E-state index is 13.0. The minimum Gasteiger partial charge on any atom is -0.493 e. The Morgan fingerprint density at radius 1 is 1.05 bits per heavy atom. The van der Waals surface area contributed by atoms with Gasteiger partial charge >= 0.3 is 0 Å². The monoisotopic (exact) mass is 509 g/mol. The summed E-state index contributed by atoms with van der Waals surface area (Å²) in [7, 11) is 0. The number of ether oxygens (including phenoxy) is 1. The van der Waals surface area contributed by atoms with Gasteiger partial charge in [-0.15, -0.1) is 0 Å². The topological polar surface area (TPSA) is 92.8 Å². The van der Waals surface area contributed by atoms with E-state index in [0.29, 0.717) is 29.2 Å². The van der Waals surface area contributed by atoms with Gasteiger partial charge in [-0.2, -0.15) is 0 Å². The number of hydrogen-bond acceptors (Lipinski definition) is 6. The van der Waals surface area contributed by atoms with Crippen LogP contribution in [0.2, 0.25) is 0 Å². The molecule has 2 aromatic carbocycles. The summed E-state index contributed by atoms with van der Waals surface area (Å²) in [5.74, 6) is 1.46. The second-order valence-corrected chi connectivity index (χ2v) is 9.82. The first-order chi connectivity index (χ1) is 18.7. The fraction of sp³-hybridized carbons (Fsp3) is 0.333. The molecule has 4 aromatic rings.